The second-order valence-corrected chi connectivity index (χ2v) is 6.53. The van der Waals surface area contributed by atoms with Crippen LogP contribution in [0, 0.1) is 13.8 Å². The molecule has 0 unspecified atom stereocenters. The average Bonchev–Trinajstić information content (AvgIpc) is 2.91. The predicted molar refractivity (Wildman–Crippen MR) is 82.9 cm³/mol. The van der Waals surface area contributed by atoms with Gasteiger partial charge >= 0.3 is 0 Å². The number of nitrogen functional groups attached to an aromatic ring is 1. The van der Waals surface area contributed by atoms with E-state index in [1.165, 1.54) is 4.88 Å². The van der Waals surface area contributed by atoms with E-state index < -0.39 is 0 Å². The third-order valence-corrected chi connectivity index (χ3v) is 4.82. The monoisotopic (exact) mass is 290 g/mol. The number of thiazole rings is 2. The van der Waals surface area contributed by atoms with Crippen molar-refractivity contribution < 1.29 is 0 Å². The number of nitrogens with zero attached hydrogens (tertiary/aromatic N) is 2. The standard InChI is InChI=1S/C13H14N4S2/c1-7-13(18-6-16-7)5-15-10-4-11-12(3-9(10)14)19-8(2)17-11/h3-4,6,15H,5,14H2,1-2H3. The first-order chi connectivity index (χ1) is 9.13. The quantitative estimate of drug-likeness (QED) is 0.724. The van der Waals surface area contributed by atoms with Crippen molar-refractivity contribution in [1.82, 2.24) is 9.97 Å². The molecule has 2 aromatic heterocycles. The third kappa shape index (κ3) is 2.41. The molecule has 2 heterocycles. The third-order valence-electron chi connectivity index (χ3n) is 2.95. The summed E-state index contributed by atoms with van der Waals surface area (Å²) in [7, 11) is 0. The Kier molecular flexibility index (Phi) is 3.12. The van der Waals surface area contributed by atoms with E-state index in [2.05, 4.69) is 15.3 Å². The molecule has 6 heteroatoms. The number of aryl methyl sites for hydroxylation is 2. The molecule has 3 N–H and O–H groups in total. The van der Waals surface area contributed by atoms with Gasteiger partial charge in [0.05, 0.1) is 44.3 Å². The molecule has 0 aliphatic heterocycles. The lowest BCUT2D eigenvalue weighted by atomic mass is 10.2. The van der Waals surface area contributed by atoms with Gasteiger partial charge in [0.15, 0.2) is 0 Å². The molecule has 0 aliphatic carbocycles. The minimum absolute atomic E-state index is 0.745. The van der Waals surface area contributed by atoms with E-state index in [1.807, 2.05) is 31.5 Å². The molecule has 0 bridgehead atoms. The zero-order valence-corrected chi connectivity index (χ0v) is 12.4. The summed E-state index contributed by atoms with van der Waals surface area (Å²) in [4.78, 5) is 9.96. The second-order valence-electron chi connectivity index (χ2n) is 4.35. The molecule has 0 spiro atoms. The Bertz CT molecular complexity index is 729. The Labute approximate surface area is 119 Å². The van der Waals surface area contributed by atoms with Crippen molar-refractivity contribution in [2.75, 3.05) is 11.1 Å². The van der Waals surface area contributed by atoms with E-state index >= 15 is 0 Å². The zero-order valence-electron chi connectivity index (χ0n) is 10.7. The van der Waals surface area contributed by atoms with Crippen LogP contribution in [0.4, 0.5) is 11.4 Å². The SMILES string of the molecule is Cc1nc2cc(NCc3scnc3C)c(N)cc2s1. The first kappa shape index (κ1) is 12.4. The average molecular weight is 290 g/mol. The predicted octanol–water partition coefficient (Wildman–Crippen LogP) is 3.56. The van der Waals surface area contributed by atoms with E-state index in [4.69, 9.17) is 5.73 Å². The summed E-state index contributed by atoms with van der Waals surface area (Å²) in [6.45, 7) is 4.77. The van der Waals surface area contributed by atoms with Crippen molar-refractivity contribution in [2.24, 2.45) is 0 Å². The van der Waals surface area contributed by atoms with Crippen molar-refractivity contribution in [3.05, 3.63) is 33.2 Å². The van der Waals surface area contributed by atoms with Crippen LogP contribution in [0.25, 0.3) is 10.2 Å². The second kappa shape index (κ2) is 4.79. The molecule has 0 aliphatic rings. The van der Waals surface area contributed by atoms with Gasteiger partial charge in [-0.1, -0.05) is 0 Å². The maximum absolute atomic E-state index is 6.08. The number of fused-ring (bicyclic) bond motifs is 1. The lowest BCUT2D eigenvalue weighted by Gasteiger charge is -2.08. The first-order valence-electron chi connectivity index (χ1n) is 5.93. The molecule has 3 rings (SSSR count). The van der Waals surface area contributed by atoms with Gasteiger partial charge in [-0.05, 0) is 26.0 Å². The van der Waals surface area contributed by atoms with E-state index in [9.17, 15) is 0 Å². The fraction of sp³-hybridized carbons (Fsp3) is 0.231. The van der Waals surface area contributed by atoms with Crippen LogP contribution >= 0.6 is 22.7 Å². The van der Waals surface area contributed by atoms with Crippen LogP contribution in [0.5, 0.6) is 0 Å². The van der Waals surface area contributed by atoms with Crippen molar-refractivity contribution in [3.63, 3.8) is 0 Å². The van der Waals surface area contributed by atoms with Gasteiger partial charge in [0, 0.05) is 4.88 Å². The molecular weight excluding hydrogens is 276 g/mol. The molecule has 4 nitrogen and oxygen atoms in total. The van der Waals surface area contributed by atoms with Gasteiger partial charge < -0.3 is 11.1 Å². The molecule has 19 heavy (non-hydrogen) atoms. The summed E-state index contributed by atoms with van der Waals surface area (Å²) in [6.07, 6.45) is 0. The Balaban J connectivity index is 1.88. The molecule has 1 aromatic carbocycles. The molecule has 0 saturated heterocycles. The Morgan fingerprint density at radius 1 is 1.32 bits per heavy atom. The lowest BCUT2D eigenvalue weighted by molar-refractivity contribution is 1.12. The van der Waals surface area contributed by atoms with Gasteiger partial charge in [-0.15, -0.1) is 22.7 Å². The molecule has 0 saturated carbocycles. The lowest BCUT2D eigenvalue weighted by Crippen LogP contribution is -2.02. The van der Waals surface area contributed by atoms with Crippen molar-refractivity contribution >= 4 is 44.3 Å². The van der Waals surface area contributed by atoms with Crippen LogP contribution in [-0.2, 0) is 6.54 Å². The molecule has 0 atom stereocenters. The van der Waals surface area contributed by atoms with Gasteiger partial charge in [0.25, 0.3) is 0 Å². The summed E-state index contributed by atoms with van der Waals surface area (Å²) < 4.78 is 1.13. The Morgan fingerprint density at radius 2 is 2.16 bits per heavy atom. The van der Waals surface area contributed by atoms with Crippen LogP contribution in [0.1, 0.15) is 15.6 Å². The maximum Gasteiger partial charge on any atom is 0.0907 e. The number of aromatic nitrogens is 2. The molecular formula is C13H14N4S2. The van der Waals surface area contributed by atoms with Gasteiger partial charge in [0.1, 0.15) is 0 Å². The smallest absolute Gasteiger partial charge is 0.0907 e. The molecule has 0 amide bonds. The van der Waals surface area contributed by atoms with Crippen molar-refractivity contribution in [1.29, 1.82) is 0 Å². The minimum atomic E-state index is 0.745. The fourth-order valence-corrected chi connectivity index (χ4v) is 3.50. The van der Waals surface area contributed by atoms with Gasteiger partial charge in [-0.3, -0.25) is 0 Å². The van der Waals surface area contributed by atoms with E-state index in [1.54, 1.807) is 22.7 Å². The topological polar surface area (TPSA) is 63.8 Å². The zero-order chi connectivity index (χ0) is 13.4. The van der Waals surface area contributed by atoms with Crippen LogP contribution in [0.2, 0.25) is 0 Å². The van der Waals surface area contributed by atoms with E-state index in [-0.39, 0.29) is 0 Å². The number of nitrogens with two attached hydrogens (primary N) is 1. The van der Waals surface area contributed by atoms with Crippen LogP contribution < -0.4 is 11.1 Å². The summed E-state index contributed by atoms with van der Waals surface area (Å²) in [5, 5.41) is 4.43. The van der Waals surface area contributed by atoms with Crippen LogP contribution in [-0.4, -0.2) is 9.97 Å². The van der Waals surface area contributed by atoms with E-state index in [0.717, 1.165) is 38.8 Å². The number of anilines is 2. The van der Waals surface area contributed by atoms with Crippen molar-refractivity contribution in [3.8, 4) is 0 Å². The van der Waals surface area contributed by atoms with Crippen LogP contribution in [0.15, 0.2) is 17.6 Å². The maximum atomic E-state index is 6.08. The first-order valence-corrected chi connectivity index (χ1v) is 7.62. The van der Waals surface area contributed by atoms with E-state index in [0.29, 0.717) is 0 Å². The molecule has 0 fully saturated rings. The number of nitrogens with one attached hydrogen (secondary N) is 1. The number of hydrogen-bond acceptors (Lipinski definition) is 6. The number of benzene rings is 1. The molecule has 98 valence electrons. The Morgan fingerprint density at radius 3 is 2.89 bits per heavy atom. The number of hydrogen-bond donors (Lipinski definition) is 2. The minimum Gasteiger partial charge on any atom is -0.397 e. The van der Waals surface area contributed by atoms with Gasteiger partial charge in [0.2, 0.25) is 0 Å². The highest BCUT2D eigenvalue weighted by Gasteiger charge is 2.07. The summed E-state index contributed by atoms with van der Waals surface area (Å²) >= 11 is 3.32. The van der Waals surface area contributed by atoms with Crippen LogP contribution in [0.3, 0.4) is 0 Å². The van der Waals surface area contributed by atoms with Gasteiger partial charge in [-0.2, -0.15) is 0 Å². The Hall–Kier alpha value is -1.66. The van der Waals surface area contributed by atoms with Crippen molar-refractivity contribution in [2.45, 2.75) is 20.4 Å². The van der Waals surface area contributed by atoms with Gasteiger partial charge in [-0.25, -0.2) is 9.97 Å². The summed E-state index contributed by atoms with van der Waals surface area (Å²) in [6, 6.07) is 4.01. The largest absolute Gasteiger partial charge is 0.397 e. The highest BCUT2D eigenvalue weighted by Crippen LogP contribution is 2.30. The molecule has 3 aromatic rings. The fourth-order valence-electron chi connectivity index (χ4n) is 1.93. The molecule has 0 radical (unpaired) electrons. The normalized spacial score (nSPS) is 11.1. The summed E-state index contributed by atoms with van der Waals surface area (Å²) in [5.74, 6) is 0. The highest BCUT2D eigenvalue weighted by molar-refractivity contribution is 7.18. The highest BCUT2D eigenvalue weighted by atomic mass is 32.1. The summed E-state index contributed by atoms with van der Waals surface area (Å²) in [5.41, 5.74) is 11.7. The number of rotatable bonds is 3.